The molecule has 1 aliphatic heterocycles. The lowest BCUT2D eigenvalue weighted by Crippen LogP contribution is -2.53. The number of rotatable bonds is 6. The Kier molecular flexibility index (Phi) is 6.40. The number of piperidine rings is 1. The van der Waals surface area contributed by atoms with Crippen LogP contribution in [0.1, 0.15) is 39.0 Å². The Morgan fingerprint density at radius 1 is 1.54 bits per heavy atom. The zero-order valence-electron chi connectivity index (χ0n) is 15.7. The second kappa shape index (κ2) is 8.78. The number of carbonyl (C=O) groups is 2. The second-order valence-corrected chi connectivity index (χ2v) is 7.82. The van der Waals surface area contributed by atoms with Gasteiger partial charge in [0.1, 0.15) is 5.65 Å². The van der Waals surface area contributed by atoms with E-state index in [2.05, 4.69) is 36.1 Å². The van der Waals surface area contributed by atoms with Gasteiger partial charge in [-0.25, -0.2) is 20.6 Å². The smallest absolute Gasteiger partial charge is 0.421 e. The van der Waals surface area contributed by atoms with Gasteiger partial charge in [0.05, 0.1) is 27.3 Å². The molecule has 2 amide bonds. The standard InChI is InChI=1S/C18H25BrN6O3/c1-2-3-6-14(26)23-13-9-22-17-15(13)16(12(19)8-21-17)24-7-4-5-11(10-24)25(20)18(27)28/h8-9,11H,2-7,10,20H2,1H3,(H,21,22)(H,23,26)(H,27,28)/t11-/m1/s1. The number of anilines is 2. The van der Waals surface area contributed by atoms with Gasteiger partial charge in [-0.1, -0.05) is 13.3 Å². The fourth-order valence-corrected chi connectivity index (χ4v) is 4.11. The van der Waals surface area contributed by atoms with Gasteiger partial charge in [0.25, 0.3) is 0 Å². The van der Waals surface area contributed by atoms with E-state index in [0.717, 1.165) is 46.4 Å². The first kappa shape index (κ1) is 20.4. The summed E-state index contributed by atoms with van der Waals surface area (Å²) in [7, 11) is 0. The molecule has 1 saturated heterocycles. The quantitative estimate of drug-likeness (QED) is 0.302. The highest BCUT2D eigenvalue weighted by Gasteiger charge is 2.29. The minimum Gasteiger partial charge on any atom is -0.464 e. The number of carbonyl (C=O) groups excluding carboxylic acids is 1. The maximum absolute atomic E-state index is 12.2. The van der Waals surface area contributed by atoms with Crippen LogP contribution in [0.5, 0.6) is 0 Å². The first-order valence-corrected chi connectivity index (χ1v) is 10.2. The van der Waals surface area contributed by atoms with Crippen molar-refractivity contribution < 1.29 is 14.7 Å². The van der Waals surface area contributed by atoms with Crippen molar-refractivity contribution in [2.45, 2.75) is 45.1 Å². The van der Waals surface area contributed by atoms with E-state index in [1.165, 1.54) is 0 Å². The number of unbranched alkanes of at least 4 members (excludes halogenated alkanes) is 1. The van der Waals surface area contributed by atoms with E-state index < -0.39 is 6.09 Å². The number of hydrogen-bond acceptors (Lipinski definition) is 5. The average molecular weight is 453 g/mol. The maximum Gasteiger partial charge on any atom is 0.421 e. The number of aromatic amines is 1. The van der Waals surface area contributed by atoms with Gasteiger partial charge in [0, 0.05) is 31.9 Å². The van der Waals surface area contributed by atoms with Gasteiger partial charge >= 0.3 is 6.09 Å². The number of hydrazine groups is 1. The Morgan fingerprint density at radius 2 is 2.32 bits per heavy atom. The highest BCUT2D eigenvalue weighted by atomic mass is 79.9. The van der Waals surface area contributed by atoms with Crippen LogP contribution in [0.2, 0.25) is 0 Å². The Labute approximate surface area is 171 Å². The number of aromatic nitrogens is 2. The van der Waals surface area contributed by atoms with Crippen LogP contribution in [-0.4, -0.2) is 51.2 Å². The minimum atomic E-state index is -1.14. The molecule has 152 valence electrons. The zero-order chi connectivity index (χ0) is 20.3. The van der Waals surface area contributed by atoms with Crippen LogP contribution >= 0.6 is 15.9 Å². The molecule has 0 unspecified atom stereocenters. The molecule has 0 spiro atoms. The van der Waals surface area contributed by atoms with Crippen LogP contribution < -0.4 is 16.1 Å². The predicted octanol–water partition coefficient (Wildman–Crippen LogP) is 3.28. The number of pyridine rings is 1. The van der Waals surface area contributed by atoms with E-state index in [1.54, 1.807) is 12.4 Å². The summed E-state index contributed by atoms with van der Waals surface area (Å²) < 4.78 is 0.781. The molecular weight excluding hydrogens is 428 g/mol. The van der Waals surface area contributed by atoms with Gasteiger partial charge in [-0.3, -0.25) is 4.79 Å². The Morgan fingerprint density at radius 3 is 3.04 bits per heavy atom. The number of nitrogens with one attached hydrogen (secondary N) is 2. The normalized spacial score (nSPS) is 17.0. The summed E-state index contributed by atoms with van der Waals surface area (Å²) in [6.07, 6.45) is 6.07. The Bertz CT molecular complexity index is 870. The molecule has 2 aromatic rings. The van der Waals surface area contributed by atoms with Crippen molar-refractivity contribution in [1.29, 1.82) is 0 Å². The molecule has 3 rings (SSSR count). The van der Waals surface area contributed by atoms with Gasteiger partial charge in [-0.2, -0.15) is 0 Å². The molecule has 0 saturated carbocycles. The van der Waals surface area contributed by atoms with Crippen molar-refractivity contribution in [2.75, 3.05) is 23.3 Å². The van der Waals surface area contributed by atoms with Gasteiger partial charge in [0.15, 0.2) is 0 Å². The number of amides is 2. The lowest BCUT2D eigenvalue weighted by molar-refractivity contribution is -0.116. The van der Waals surface area contributed by atoms with Crippen molar-refractivity contribution in [3.05, 3.63) is 16.9 Å². The highest BCUT2D eigenvalue weighted by Crippen LogP contribution is 2.39. The zero-order valence-corrected chi connectivity index (χ0v) is 17.3. The summed E-state index contributed by atoms with van der Waals surface area (Å²) >= 11 is 3.57. The minimum absolute atomic E-state index is 0.0378. The third-order valence-corrected chi connectivity index (χ3v) is 5.57. The molecule has 1 fully saturated rings. The molecule has 3 heterocycles. The lowest BCUT2D eigenvalue weighted by Gasteiger charge is -2.38. The summed E-state index contributed by atoms with van der Waals surface area (Å²) in [5.41, 5.74) is 2.21. The van der Waals surface area contributed by atoms with Crippen LogP contribution in [0.3, 0.4) is 0 Å². The first-order valence-electron chi connectivity index (χ1n) is 9.39. The number of nitrogens with zero attached hydrogens (tertiary/aromatic N) is 3. The van der Waals surface area contributed by atoms with E-state index in [9.17, 15) is 14.7 Å². The largest absolute Gasteiger partial charge is 0.464 e. The molecule has 9 nitrogen and oxygen atoms in total. The molecule has 10 heteroatoms. The molecule has 5 N–H and O–H groups in total. The molecule has 2 aromatic heterocycles. The summed E-state index contributed by atoms with van der Waals surface area (Å²) in [6.45, 7) is 3.27. The van der Waals surface area contributed by atoms with Crippen LogP contribution in [0.4, 0.5) is 16.2 Å². The molecular formula is C18H25BrN6O3. The molecule has 0 bridgehead atoms. The van der Waals surface area contributed by atoms with Gasteiger partial charge < -0.3 is 20.3 Å². The van der Waals surface area contributed by atoms with Crippen molar-refractivity contribution in [3.63, 3.8) is 0 Å². The monoisotopic (exact) mass is 452 g/mol. The van der Waals surface area contributed by atoms with Crippen molar-refractivity contribution in [2.24, 2.45) is 5.84 Å². The number of H-pyrrole nitrogens is 1. The summed E-state index contributed by atoms with van der Waals surface area (Å²) in [5, 5.41) is 13.9. The Hall–Kier alpha value is -2.33. The number of nitrogens with two attached hydrogens (primary N) is 1. The van der Waals surface area contributed by atoms with Crippen LogP contribution in [0, 0.1) is 0 Å². The number of halogens is 1. The SMILES string of the molecule is CCCCC(=O)Nc1c[nH]c2ncc(Br)c(N3CCC[C@@H](N(N)C(=O)O)C3)c12. The molecule has 1 aliphatic rings. The van der Waals surface area contributed by atoms with Crippen molar-refractivity contribution in [3.8, 4) is 0 Å². The fourth-order valence-electron chi connectivity index (χ4n) is 3.55. The first-order chi connectivity index (χ1) is 13.4. The van der Waals surface area contributed by atoms with Gasteiger partial charge in [-0.15, -0.1) is 0 Å². The Balaban J connectivity index is 1.93. The van der Waals surface area contributed by atoms with Crippen LogP contribution in [0.15, 0.2) is 16.9 Å². The summed E-state index contributed by atoms with van der Waals surface area (Å²) in [5.74, 6) is 5.69. The number of carboxylic acid groups (broad SMARTS) is 1. The van der Waals surface area contributed by atoms with Crippen molar-refractivity contribution >= 4 is 50.3 Å². The van der Waals surface area contributed by atoms with Crippen LogP contribution in [-0.2, 0) is 4.79 Å². The molecule has 0 radical (unpaired) electrons. The molecule has 0 aliphatic carbocycles. The predicted molar refractivity (Wildman–Crippen MR) is 111 cm³/mol. The second-order valence-electron chi connectivity index (χ2n) is 6.96. The summed E-state index contributed by atoms with van der Waals surface area (Å²) in [6, 6.07) is -0.303. The maximum atomic E-state index is 12.2. The van der Waals surface area contributed by atoms with E-state index in [0.29, 0.717) is 30.7 Å². The third-order valence-electron chi connectivity index (χ3n) is 4.99. The van der Waals surface area contributed by atoms with Gasteiger partial charge in [-0.05, 0) is 35.2 Å². The number of hydrogen-bond donors (Lipinski definition) is 4. The average Bonchev–Trinajstić information content (AvgIpc) is 3.08. The van der Waals surface area contributed by atoms with E-state index in [-0.39, 0.29) is 11.9 Å². The third kappa shape index (κ3) is 4.22. The van der Waals surface area contributed by atoms with Gasteiger partial charge in [0.2, 0.25) is 5.91 Å². The molecule has 1 atom stereocenters. The van der Waals surface area contributed by atoms with E-state index in [1.807, 2.05) is 6.92 Å². The highest BCUT2D eigenvalue weighted by molar-refractivity contribution is 9.10. The van der Waals surface area contributed by atoms with E-state index >= 15 is 0 Å². The van der Waals surface area contributed by atoms with Crippen LogP contribution in [0.25, 0.3) is 11.0 Å². The van der Waals surface area contributed by atoms with E-state index in [4.69, 9.17) is 5.84 Å². The fraction of sp³-hybridized carbons (Fsp3) is 0.500. The molecule has 28 heavy (non-hydrogen) atoms. The lowest BCUT2D eigenvalue weighted by atomic mass is 10.0. The topological polar surface area (TPSA) is 128 Å². The number of fused-ring (bicyclic) bond motifs is 1. The molecule has 0 aromatic carbocycles. The van der Waals surface area contributed by atoms with Crippen molar-refractivity contribution in [1.82, 2.24) is 15.0 Å². The summed E-state index contributed by atoms with van der Waals surface area (Å²) in [4.78, 5) is 33.1.